The van der Waals surface area contributed by atoms with Crippen LogP contribution >= 0.6 is 0 Å². The van der Waals surface area contributed by atoms with Crippen LogP contribution in [0.3, 0.4) is 0 Å². The Morgan fingerprint density at radius 2 is 1.41 bits per heavy atom. The molecule has 32 heavy (non-hydrogen) atoms. The molecule has 9 nitrogen and oxygen atoms in total. The molecule has 0 aliphatic heterocycles. The summed E-state index contributed by atoms with van der Waals surface area (Å²) in [6.45, 7) is 6.64. The van der Waals surface area contributed by atoms with E-state index >= 15 is 0 Å². The number of hydrogen-bond donors (Lipinski definition) is 6. The summed E-state index contributed by atoms with van der Waals surface area (Å²) in [7, 11) is 0. The molecule has 0 spiro atoms. The Morgan fingerprint density at radius 1 is 0.875 bits per heavy atom. The van der Waals surface area contributed by atoms with Crippen LogP contribution in [0.5, 0.6) is 0 Å². The van der Waals surface area contributed by atoms with Crippen LogP contribution < -0.4 is 21.8 Å². The van der Waals surface area contributed by atoms with Crippen LogP contribution in [0.4, 0.5) is 5.69 Å². The molecule has 3 amide bonds. The van der Waals surface area contributed by atoms with Crippen molar-refractivity contribution >= 4 is 23.4 Å². The molecule has 0 aromatic heterocycles. The van der Waals surface area contributed by atoms with Crippen LogP contribution in [0, 0.1) is 5.41 Å². The van der Waals surface area contributed by atoms with Gasteiger partial charge in [-0.2, -0.15) is 0 Å². The summed E-state index contributed by atoms with van der Waals surface area (Å²) in [6.07, 6.45) is -1.95. The van der Waals surface area contributed by atoms with Crippen molar-refractivity contribution < 1.29 is 24.7 Å². The molecule has 0 aliphatic carbocycles. The highest BCUT2D eigenvalue weighted by Gasteiger charge is 2.46. The number of anilines is 1. The number of aliphatic hydroxyl groups is 1. The monoisotopic (exact) mass is 442 g/mol. The Hall–Kier alpha value is -3.43. The van der Waals surface area contributed by atoms with Gasteiger partial charge in [0.25, 0.3) is 5.91 Å². The van der Waals surface area contributed by atoms with Gasteiger partial charge in [-0.25, -0.2) is 5.48 Å². The van der Waals surface area contributed by atoms with E-state index in [-0.39, 0.29) is 0 Å². The van der Waals surface area contributed by atoms with E-state index in [0.717, 1.165) is 11.1 Å². The molecule has 2 aromatic rings. The lowest BCUT2D eigenvalue weighted by Gasteiger charge is -2.40. The van der Waals surface area contributed by atoms with E-state index in [1.54, 1.807) is 32.9 Å². The highest BCUT2D eigenvalue weighted by molar-refractivity contribution is 5.97. The highest BCUT2D eigenvalue weighted by atomic mass is 16.5. The van der Waals surface area contributed by atoms with Gasteiger partial charge in [-0.1, -0.05) is 63.2 Å². The number of aliphatic hydroxyl groups excluding tert-OH is 1. The van der Waals surface area contributed by atoms with Crippen molar-refractivity contribution in [3.63, 3.8) is 0 Å². The Bertz CT molecular complexity index is 957. The number of rotatable bonds is 8. The Kier molecular flexibility index (Phi) is 7.60. The van der Waals surface area contributed by atoms with Gasteiger partial charge in [0.2, 0.25) is 11.8 Å². The van der Waals surface area contributed by atoms with Gasteiger partial charge < -0.3 is 21.5 Å². The normalized spacial score (nSPS) is 15.1. The molecule has 2 rings (SSSR count). The van der Waals surface area contributed by atoms with Gasteiger partial charge >= 0.3 is 0 Å². The number of hydrogen-bond acceptors (Lipinski definition) is 6. The maximum atomic E-state index is 13.1. The maximum Gasteiger partial charge on any atom is 0.274 e. The van der Waals surface area contributed by atoms with Crippen molar-refractivity contribution in [3.8, 4) is 11.1 Å². The number of carbonyl (C=O) groups is 3. The number of nitrogens with one attached hydrogen (secondary N) is 3. The predicted molar refractivity (Wildman–Crippen MR) is 120 cm³/mol. The highest BCUT2D eigenvalue weighted by Crippen LogP contribution is 2.30. The first-order valence-electron chi connectivity index (χ1n) is 10.1. The zero-order valence-electron chi connectivity index (χ0n) is 18.5. The van der Waals surface area contributed by atoms with Crippen LogP contribution in [-0.2, 0) is 14.4 Å². The average molecular weight is 443 g/mol. The van der Waals surface area contributed by atoms with E-state index in [1.807, 2.05) is 42.5 Å². The second-order valence-corrected chi connectivity index (χ2v) is 8.71. The van der Waals surface area contributed by atoms with Crippen molar-refractivity contribution in [1.82, 2.24) is 10.8 Å². The summed E-state index contributed by atoms with van der Waals surface area (Å²) in [5, 5.41) is 24.6. The van der Waals surface area contributed by atoms with Gasteiger partial charge in [0.1, 0.15) is 11.6 Å². The molecule has 2 aromatic carbocycles. The van der Waals surface area contributed by atoms with Gasteiger partial charge in [-0.05, 0) is 35.6 Å². The lowest BCUT2D eigenvalue weighted by atomic mass is 9.74. The van der Waals surface area contributed by atoms with Crippen molar-refractivity contribution in [2.24, 2.45) is 11.1 Å². The van der Waals surface area contributed by atoms with Crippen molar-refractivity contribution in [3.05, 3.63) is 54.6 Å². The molecule has 0 aliphatic rings. The molecule has 9 heteroatoms. The van der Waals surface area contributed by atoms with E-state index in [4.69, 9.17) is 10.9 Å². The van der Waals surface area contributed by atoms with Crippen molar-refractivity contribution in [1.29, 1.82) is 0 Å². The molecular weight excluding hydrogens is 412 g/mol. The average Bonchev–Trinajstić information content (AvgIpc) is 2.76. The summed E-state index contributed by atoms with van der Waals surface area (Å²) in [5.41, 5.74) is 6.99. The predicted octanol–water partition coefficient (Wildman–Crippen LogP) is 1.41. The first-order chi connectivity index (χ1) is 14.9. The standard InChI is InChI=1S/C23H30N4O5/c1-22(2,3)23(4,21(24)31)26-19(29)17(18(28)20(30)27-32)25-16-12-10-15(11-13-16)14-8-6-5-7-9-14/h5-13,17-18,25,28,32H,1-4H3,(H2,24,31)(H,26,29)(H,27,30). The number of primary amides is 1. The molecule has 172 valence electrons. The van der Waals surface area contributed by atoms with E-state index < -0.39 is 40.8 Å². The fourth-order valence-corrected chi connectivity index (χ4v) is 3.02. The maximum absolute atomic E-state index is 13.1. The number of amides is 3. The molecule has 0 bridgehead atoms. The van der Waals surface area contributed by atoms with Gasteiger partial charge in [-0.15, -0.1) is 0 Å². The van der Waals surface area contributed by atoms with Crippen molar-refractivity contribution in [2.45, 2.75) is 45.4 Å². The first-order valence-corrected chi connectivity index (χ1v) is 10.1. The second-order valence-electron chi connectivity index (χ2n) is 8.71. The summed E-state index contributed by atoms with van der Waals surface area (Å²) in [6, 6.07) is 15.1. The molecule has 3 unspecified atom stereocenters. The summed E-state index contributed by atoms with van der Waals surface area (Å²) in [5.74, 6) is -2.80. The topological polar surface area (TPSA) is 154 Å². The van der Waals surface area contributed by atoms with Crippen LogP contribution in [-0.4, -0.2) is 45.7 Å². The SMILES string of the molecule is CC(C)(C)C(C)(NC(=O)C(Nc1ccc(-c2ccccc2)cc1)C(O)C(=O)NO)C(N)=O. The third-order valence-electron chi connectivity index (χ3n) is 5.66. The minimum atomic E-state index is -1.95. The van der Waals surface area contributed by atoms with E-state index in [2.05, 4.69) is 10.6 Å². The number of carbonyl (C=O) groups excluding carboxylic acids is 3. The van der Waals surface area contributed by atoms with Gasteiger partial charge in [-0.3, -0.25) is 19.6 Å². The smallest absolute Gasteiger partial charge is 0.274 e. The minimum Gasteiger partial charge on any atom is -0.380 e. The van der Waals surface area contributed by atoms with Gasteiger partial charge in [0, 0.05) is 5.69 Å². The second kappa shape index (κ2) is 9.80. The van der Waals surface area contributed by atoms with E-state index in [0.29, 0.717) is 5.69 Å². The van der Waals surface area contributed by atoms with Crippen LogP contribution in [0.1, 0.15) is 27.7 Å². The van der Waals surface area contributed by atoms with Crippen LogP contribution in [0.15, 0.2) is 54.6 Å². The summed E-state index contributed by atoms with van der Waals surface area (Å²) >= 11 is 0. The fourth-order valence-electron chi connectivity index (χ4n) is 3.02. The molecular formula is C23H30N4O5. The summed E-state index contributed by atoms with van der Waals surface area (Å²) < 4.78 is 0. The molecule has 0 radical (unpaired) electrons. The lowest BCUT2D eigenvalue weighted by molar-refractivity contribution is -0.144. The lowest BCUT2D eigenvalue weighted by Crippen LogP contribution is -2.66. The third-order valence-corrected chi connectivity index (χ3v) is 5.66. The van der Waals surface area contributed by atoms with Gasteiger partial charge in [0.15, 0.2) is 6.10 Å². The molecule has 0 saturated heterocycles. The first kappa shape index (κ1) is 24.8. The molecule has 3 atom stereocenters. The number of nitrogens with two attached hydrogens (primary N) is 1. The fraction of sp³-hybridized carbons (Fsp3) is 0.348. The largest absolute Gasteiger partial charge is 0.380 e. The Balaban J connectivity index is 2.32. The quantitative estimate of drug-likeness (QED) is 0.268. The minimum absolute atomic E-state index is 0.436. The van der Waals surface area contributed by atoms with Crippen molar-refractivity contribution in [2.75, 3.05) is 5.32 Å². The van der Waals surface area contributed by atoms with Crippen LogP contribution in [0.25, 0.3) is 11.1 Å². The number of hydroxylamine groups is 1. The van der Waals surface area contributed by atoms with E-state index in [1.165, 1.54) is 12.4 Å². The van der Waals surface area contributed by atoms with Crippen LogP contribution in [0.2, 0.25) is 0 Å². The third kappa shape index (κ3) is 5.43. The van der Waals surface area contributed by atoms with E-state index in [9.17, 15) is 19.5 Å². The zero-order valence-corrected chi connectivity index (χ0v) is 18.5. The summed E-state index contributed by atoms with van der Waals surface area (Å²) in [4.78, 5) is 37.0. The Morgan fingerprint density at radius 3 is 1.88 bits per heavy atom. The Labute approximate surface area is 187 Å². The molecule has 0 saturated carbocycles. The zero-order chi connectivity index (χ0) is 24.1. The molecule has 7 N–H and O–H groups in total. The molecule has 0 heterocycles. The molecule has 0 fully saturated rings. The number of benzene rings is 2. The van der Waals surface area contributed by atoms with Gasteiger partial charge in [0.05, 0.1) is 0 Å².